The number of rotatable bonds is 3. The zero-order chi connectivity index (χ0) is 15.6. The second-order valence-electron chi connectivity index (χ2n) is 6.42. The van der Waals surface area contributed by atoms with Gasteiger partial charge in [0.05, 0.1) is 0 Å². The molecule has 0 aliphatic carbocycles. The summed E-state index contributed by atoms with van der Waals surface area (Å²) >= 11 is 7.06. The van der Waals surface area contributed by atoms with E-state index in [0.717, 1.165) is 20.9 Å². The quantitative estimate of drug-likeness (QED) is 0.684. The highest BCUT2D eigenvalue weighted by Crippen LogP contribution is 2.28. The van der Waals surface area contributed by atoms with Gasteiger partial charge < -0.3 is 5.73 Å². The minimum absolute atomic E-state index is 0.00652. The Morgan fingerprint density at radius 1 is 1.00 bits per heavy atom. The second kappa shape index (κ2) is 6.64. The minimum atomic E-state index is -0.00652. The molecule has 1 atom stereocenters. The van der Waals surface area contributed by atoms with Gasteiger partial charge in [0.1, 0.15) is 0 Å². The molecule has 2 aromatic rings. The molecule has 1 nitrogen and oxygen atoms in total. The lowest BCUT2D eigenvalue weighted by Crippen LogP contribution is -2.15. The van der Waals surface area contributed by atoms with Gasteiger partial charge in [0.15, 0.2) is 0 Å². The summed E-state index contributed by atoms with van der Waals surface area (Å²) in [7, 11) is 0. The highest BCUT2D eigenvalue weighted by molar-refractivity contribution is 9.11. The van der Waals surface area contributed by atoms with Gasteiger partial charge in [0.2, 0.25) is 0 Å². The van der Waals surface area contributed by atoms with Crippen molar-refractivity contribution < 1.29 is 0 Å². The van der Waals surface area contributed by atoms with Gasteiger partial charge in [0.25, 0.3) is 0 Å². The number of benzene rings is 2. The van der Waals surface area contributed by atoms with Crippen LogP contribution in [-0.4, -0.2) is 0 Å². The van der Waals surface area contributed by atoms with E-state index in [1.807, 2.05) is 12.1 Å². The maximum absolute atomic E-state index is 6.36. The number of halogens is 2. The number of hydrogen-bond donors (Lipinski definition) is 1. The van der Waals surface area contributed by atoms with Crippen LogP contribution in [0.25, 0.3) is 0 Å². The van der Waals surface area contributed by atoms with Crippen LogP contribution in [0, 0.1) is 0 Å². The van der Waals surface area contributed by atoms with Gasteiger partial charge in [-0.2, -0.15) is 0 Å². The summed E-state index contributed by atoms with van der Waals surface area (Å²) in [5.41, 5.74) is 10.3. The Morgan fingerprint density at radius 2 is 1.62 bits per heavy atom. The number of hydrogen-bond acceptors (Lipinski definition) is 1. The summed E-state index contributed by atoms with van der Waals surface area (Å²) in [5.74, 6) is 0. The van der Waals surface area contributed by atoms with Crippen LogP contribution in [0.4, 0.5) is 0 Å². The predicted molar refractivity (Wildman–Crippen MR) is 97.6 cm³/mol. The molecule has 1 unspecified atom stereocenters. The molecule has 3 heteroatoms. The lowest BCUT2D eigenvalue weighted by Gasteiger charge is -2.20. The molecule has 0 radical (unpaired) electrons. The molecule has 0 aliphatic heterocycles. The summed E-state index contributed by atoms with van der Waals surface area (Å²) in [4.78, 5) is 0. The molecule has 2 aromatic carbocycles. The Labute approximate surface area is 144 Å². The Morgan fingerprint density at radius 3 is 2.14 bits per heavy atom. The van der Waals surface area contributed by atoms with Gasteiger partial charge in [0, 0.05) is 15.0 Å². The Balaban J connectivity index is 2.14. The lowest BCUT2D eigenvalue weighted by atomic mass is 9.86. The minimum Gasteiger partial charge on any atom is -0.324 e. The molecule has 0 saturated carbocycles. The van der Waals surface area contributed by atoms with E-state index in [4.69, 9.17) is 5.73 Å². The van der Waals surface area contributed by atoms with E-state index in [-0.39, 0.29) is 11.5 Å². The van der Waals surface area contributed by atoms with Crippen molar-refractivity contribution in [3.8, 4) is 0 Å². The molecule has 0 amide bonds. The fourth-order valence-corrected chi connectivity index (χ4v) is 3.65. The standard InChI is InChI=1S/C18H21Br2N/c1-18(2,3)13-6-4-12(5-7-13)10-17(21)15-9-8-14(19)11-16(15)20/h4-9,11,17H,10,21H2,1-3H3. The molecule has 0 bridgehead atoms. The van der Waals surface area contributed by atoms with Crippen LogP contribution in [0.15, 0.2) is 51.4 Å². The molecule has 0 fully saturated rings. The van der Waals surface area contributed by atoms with Gasteiger partial charge in [-0.3, -0.25) is 0 Å². The van der Waals surface area contributed by atoms with Crippen LogP contribution >= 0.6 is 31.9 Å². The molecule has 0 aromatic heterocycles. The molecule has 0 heterocycles. The van der Waals surface area contributed by atoms with Crippen molar-refractivity contribution in [3.05, 3.63) is 68.1 Å². The topological polar surface area (TPSA) is 26.0 Å². The predicted octanol–water partition coefficient (Wildman–Crippen LogP) is 5.75. The van der Waals surface area contributed by atoms with Crippen LogP contribution in [0.1, 0.15) is 43.5 Å². The molecule has 2 N–H and O–H groups in total. The summed E-state index contributed by atoms with van der Waals surface area (Å²) in [6, 6.07) is 14.9. The molecule has 0 saturated heterocycles. The summed E-state index contributed by atoms with van der Waals surface area (Å²) < 4.78 is 2.11. The first-order valence-electron chi connectivity index (χ1n) is 7.07. The van der Waals surface area contributed by atoms with Gasteiger partial charge in [-0.1, -0.05) is 83.0 Å². The third kappa shape index (κ3) is 4.41. The average Bonchev–Trinajstić information content (AvgIpc) is 2.38. The Hall–Kier alpha value is -0.640. The summed E-state index contributed by atoms with van der Waals surface area (Å²) in [5, 5.41) is 0. The Bertz CT molecular complexity index is 612. The number of nitrogens with two attached hydrogens (primary N) is 1. The van der Waals surface area contributed by atoms with Crippen molar-refractivity contribution in [2.45, 2.75) is 38.6 Å². The van der Waals surface area contributed by atoms with Gasteiger partial charge in [-0.05, 0) is 40.7 Å². The maximum atomic E-state index is 6.36. The van der Waals surface area contributed by atoms with Gasteiger partial charge >= 0.3 is 0 Å². The largest absolute Gasteiger partial charge is 0.324 e. The van der Waals surface area contributed by atoms with E-state index in [2.05, 4.69) is 83.0 Å². The maximum Gasteiger partial charge on any atom is 0.0347 e. The third-order valence-electron chi connectivity index (χ3n) is 3.64. The molecule has 2 rings (SSSR count). The van der Waals surface area contributed by atoms with Gasteiger partial charge in [-0.15, -0.1) is 0 Å². The molecule has 112 valence electrons. The van der Waals surface area contributed by atoms with E-state index in [1.54, 1.807) is 0 Å². The summed E-state index contributed by atoms with van der Waals surface area (Å²) in [6.07, 6.45) is 0.838. The van der Waals surface area contributed by atoms with E-state index in [0.29, 0.717) is 0 Å². The average molecular weight is 411 g/mol. The first-order valence-corrected chi connectivity index (χ1v) is 8.66. The van der Waals surface area contributed by atoms with Crippen molar-refractivity contribution in [2.24, 2.45) is 5.73 Å². The third-order valence-corrected chi connectivity index (χ3v) is 4.82. The van der Waals surface area contributed by atoms with E-state index in [1.165, 1.54) is 11.1 Å². The van der Waals surface area contributed by atoms with Crippen LogP contribution in [-0.2, 0) is 11.8 Å². The van der Waals surface area contributed by atoms with E-state index >= 15 is 0 Å². The molecular weight excluding hydrogens is 390 g/mol. The monoisotopic (exact) mass is 409 g/mol. The normalized spacial score (nSPS) is 13.2. The highest BCUT2D eigenvalue weighted by atomic mass is 79.9. The zero-order valence-electron chi connectivity index (χ0n) is 12.7. The van der Waals surface area contributed by atoms with Crippen LogP contribution in [0.5, 0.6) is 0 Å². The first kappa shape index (κ1) is 16.7. The molecule has 0 aliphatic rings. The van der Waals surface area contributed by atoms with Crippen molar-refractivity contribution >= 4 is 31.9 Å². The molecule has 0 spiro atoms. The molecule has 21 heavy (non-hydrogen) atoms. The second-order valence-corrected chi connectivity index (χ2v) is 8.19. The fraction of sp³-hybridized carbons (Fsp3) is 0.333. The zero-order valence-corrected chi connectivity index (χ0v) is 15.8. The van der Waals surface area contributed by atoms with E-state index in [9.17, 15) is 0 Å². The smallest absolute Gasteiger partial charge is 0.0347 e. The first-order chi connectivity index (χ1) is 9.77. The van der Waals surface area contributed by atoms with Gasteiger partial charge in [-0.25, -0.2) is 0 Å². The van der Waals surface area contributed by atoms with Crippen LogP contribution in [0.3, 0.4) is 0 Å². The fourth-order valence-electron chi connectivity index (χ4n) is 2.31. The van der Waals surface area contributed by atoms with Crippen molar-refractivity contribution in [1.82, 2.24) is 0 Å². The highest BCUT2D eigenvalue weighted by Gasteiger charge is 2.14. The van der Waals surface area contributed by atoms with Crippen molar-refractivity contribution in [2.75, 3.05) is 0 Å². The van der Waals surface area contributed by atoms with Crippen molar-refractivity contribution in [3.63, 3.8) is 0 Å². The van der Waals surface area contributed by atoms with Crippen LogP contribution < -0.4 is 5.73 Å². The molecular formula is C18H21Br2N. The summed E-state index contributed by atoms with van der Waals surface area (Å²) in [6.45, 7) is 6.69. The van der Waals surface area contributed by atoms with Crippen LogP contribution in [0.2, 0.25) is 0 Å². The van der Waals surface area contributed by atoms with Crippen molar-refractivity contribution in [1.29, 1.82) is 0 Å². The van der Waals surface area contributed by atoms with E-state index < -0.39 is 0 Å². The SMILES string of the molecule is CC(C)(C)c1ccc(CC(N)c2ccc(Br)cc2Br)cc1. The lowest BCUT2D eigenvalue weighted by molar-refractivity contribution is 0.589. The Kier molecular flexibility index (Phi) is 5.29.